The number of rotatable bonds is 8. The maximum atomic E-state index is 13.1. The molecular weight excluding hydrogens is 496 g/mol. The molecule has 0 aliphatic carbocycles. The van der Waals surface area contributed by atoms with E-state index in [4.69, 9.17) is 10.00 Å². The number of aromatic nitrogens is 3. The Balaban J connectivity index is 1.46. The zero-order valence-electron chi connectivity index (χ0n) is 20.4. The Morgan fingerprint density at radius 3 is 2.58 bits per heavy atom. The summed E-state index contributed by atoms with van der Waals surface area (Å²) in [7, 11) is 1.63. The average Bonchev–Trinajstić information content (AvgIpc) is 2.96. The molecule has 0 saturated heterocycles. The van der Waals surface area contributed by atoms with Gasteiger partial charge in [0.15, 0.2) is 5.65 Å². The summed E-state index contributed by atoms with van der Waals surface area (Å²) in [5.74, 6) is 1.11. The van der Waals surface area contributed by atoms with Crippen molar-refractivity contribution in [3.63, 3.8) is 0 Å². The standard InChI is InChI=1S/C29H22N6O2S/c1-37-22-9-11-23(12-10-22)38-26-13-6-20(29(36)34-21-7-4-19(5-8-21)14-15-30)17-25(26)35-28-24-3-2-16-31-27(24)32-18-33-28/h2-13,16-18H,14H2,1H3,(H,34,36)(H,31,32,33,35). The van der Waals surface area contributed by atoms with Crippen LogP contribution in [-0.4, -0.2) is 28.0 Å². The van der Waals surface area contributed by atoms with Gasteiger partial charge in [-0.25, -0.2) is 15.0 Å². The largest absolute Gasteiger partial charge is 0.497 e. The summed E-state index contributed by atoms with van der Waals surface area (Å²) in [6.45, 7) is 0. The minimum absolute atomic E-state index is 0.253. The maximum absolute atomic E-state index is 13.1. The van der Waals surface area contributed by atoms with Crippen molar-refractivity contribution >= 4 is 45.9 Å². The molecule has 0 unspecified atom stereocenters. The van der Waals surface area contributed by atoms with Crippen LogP contribution in [0.2, 0.25) is 0 Å². The van der Waals surface area contributed by atoms with E-state index in [2.05, 4.69) is 31.7 Å². The lowest BCUT2D eigenvalue weighted by Gasteiger charge is -2.15. The fourth-order valence-electron chi connectivity index (χ4n) is 3.75. The fraction of sp³-hybridized carbons (Fsp3) is 0.0690. The molecule has 9 heteroatoms. The molecular formula is C29H22N6O2S. The molecule has 0 spiro atoms. The molecule has 8 nitrogen and oxygen atoms in total. The molecule has 2 aromatic heterocycles. The highest BCUT2D eigenvalue weighted by Gasteiger charge is 2.14. The molecule has 0 fully saturated rings. The monoisotopic (exact) mass is 518 g/mol. The molecule has 186 valence electrons. The van der Waals surface area contributed by atoms with E-state index < -0.39 is 0 Å². The van der Waals surface area contributed by atoms with Crippen LogP contribution in [-0.2, 0) is 6.42 Å². The van der Waals surface area contributed by atoms with Crippen LogP contribution in [0.4, 0.5) is 17.2 Å². The fourth-order valence-corrected chi connectivity index (χ4v) is 4.63. The van der Waals surface area contributed by atoms with Crippen LogP contribution >= 0.6 is 11.8 Å². The normalized spacial score (nSPS) is 10.5. The van der Waals surface area contributed by atoms with Gasteiger partial charge in [-0.05, 0) is 72.3 Å². The molecule has 0 bridgehead atoms. The van der Waals surface area contributed by atoms with Crippen molar-refractivity contribution in [1.29, 1.82) is 5.26 Å². The predicted octanol–water partition coefficient (Wildman–Crippen LogP) is 6.25. The van der Waals surface area contributed by atoms with Gasteiger partial charge in [-0.1, -0.05) is 23.9 Å². The van der Waals surface area contributed by atoms with Gasteiger partial charge in [-0.2, -0.15) is 5.26 Å². The van der Waals surface area contributed by atoms with Crippen molar-refractivity contribution in [3.05, 3.63) is 103 Å². The van der Waals surface area contributed by atoms with Crippen LogP contribution in [0, 0.1) is 11.3 Å². The van der Waals surface area contributed by atoms with E-state index >= 15 is 0 Å². The number of benzene rings is 3. The van der Waals surface area contributed by atoms with Crippen molar-refractivity contribution in [3.8, 4) is 11.8 Å². The molecule has 38 heavy (non-hydrogen) atoms. The third kappa shape index (κ3) is 5.72. The quantitative estimate of drug-likeness (QED) is 0.248. The highest BCUT2D eigenvalue weighted by molar-refractivity contribution is 7.99. The molecule has 5 rings (SSSR count). The highest BCUT2D eigenvalue weighted by Crippen LogP contribution is 2.37. The molecule has 2 heterocycles. The second-order valence-corrected chi connectivity index (χ2v) is 9.31. The number of nitriles is 1. The number of hydrogen-bond donors (Lipinski definition) is 2. The van der Waals surface area contributed by atoms with Crippen LogP contribution in [0.15, 0.2) is 101 Å². The number of fused-ring (bicyclic) bond motifs is 1. The Kier molecular flexibility index (Phi) is 7.43. The zero-order chi connectivity index (χ0) is 26.3. The first-order chi connectivity index (χ1) is 18.6. The van der Waals surface area contributed by atoms with Gasteiger partial charge in [0.2, 0.25) is 0 Å². The van der Waals surface area contributed by atoms with E-state index in [0.29, 0.717) is 34.8 Å². The number of carbonyl (C=O) groups excluding carboxylic acids is 1. The number of nitrogens with zero attached hydrogens (tertiary/aromatic N) is 4. The SMILES string of the molecule is COc1ccc(Sc2ccc(C(=O)Nc3ccc(CC#N)cc3)cc2Nc2ncnc3ncccc23)cc1. The minimum Gasteiger partial charge on any atom is -0.497 e. The topological polar surface area (TPSA) is 113 Å². The number of ether oxygens (including phenoxy) is 1. The Morgan fingerprint density at radius 2 is 1.82 bits per heavy atom. The second kappa shape index (κ2) is 11.4. The Labute approximate surface area is 223 Å². The van der Waals surface area contributed by atoms with Crippen molar-refractivity contribution in [2.45, 2.75) is 16.2 Å². The van der Waals surface area contributed by atoms with Gasteiger partial charge in [-0.3, -0.25) is 4.79 Å². The van der Waals surface area contributed by atoms with Gasteiger partial charge >= 0.3 is 0 Å². The van der Waals surface area contributed by atoms with Gasteiger partial charge < -0.3 is 15.4 Å². The van der Waals surface area contributed by atoms with Gasteiger partial charge in [0.25, 0.3) is 5.91 Å². The van der Waals surface area contributed by atoms with Crippen molar-refractivity contribution in [1.82, 2.24) is 15.0 Å². The number of carbonyl (C=O) groups is 1. The molecule has 3 aromatic carbocycles. The zero-order valence-corrected chi connectivity index (χ0v) is 21.2. The smallest absolute Gasteiger partial charge is 0.255 e. The lowest BCUT2D eigenvalue weighted by Crippen LogP contribution is -2.12. The highest BCUT2D eigenvalue weighted by atomic mass is 32.2. The predicted molar refractivity (Wildman–Crippen MR) is 148 cm³/mol. The summed E-state index contributed by atoms with van der Waals surface area (Å²) >= 11 is 1.55. The first-order valence-electron chi connectivity index (χ1n) is 11.7. The lowest BCUT2D eigenvalue weighted by molar-refractivity contribution is 0.102. The van der Waals surface area contributed by atoms with Crippen molar-refractivity contribution in [2.24, 2.45) is 0 Å². The summed E-state index contributed by atoms with van der Waals surface area (Å²) in [6.07, 6.45) is 3.46. The van der Waals surface area contributed by atoms with E-state index in [1.807, 2.05) is 54.6 Å². The summed E-state index contributed by atoms with van der Waals surface area (Å²) in [5.41, 5.74) is 3.30. The minimum atomic E-state index is -0.253. The van der Waals surface area contributed by atoms with Gasteiger partial charge in [-0.15, -0.1) is 0 Å². The van der Waals surface area contributed by atoms with E-state index in [-0.39, 0.29) is 5.91 Å². The Morgan fingerprint density at radius 1 is 1.00 bits per heavy atom. The Hall–Kier alpha value is -4.94. The van der Waals surface area contributed by atoms with Gasteiger partial charge in [0.05, 0.1) is 30.7 Å². The third-order valence-electron chi connectivity index (χ3n) is 5.69. The van der Waals surface area contributed by atoms with Crippen LogP contribution in [0.5, 0.6) is 5.75 Å². The summed E-state index contributed by atoms with van der Waals surface area (Å²) in [4.78, 5) is 28.0. The average molecular weight is 519 g/mol. The van der Waals surface area contributed by atoms with Crippen molar-refractivity contribution < 1.29 is 9.53 Å². The molecule has 0 aliphatic heterocycles. The van der Waals surface area contributed by atoms with Crippen LogP contribution in [0.25, 0.3) is 11.0 Å². The van der Waals surface area contributed by atoms with Gasteiger partial charge in [0.1, 0.15) is 17.9 Å². The number of pyridine rings is 1. The number of methoxy groups -OCH3 is 1. The molecule has 0 saturated carbocycles. The van der Waals surface area contributed by atoms with Gasteiger partial charge in [0, 0.05) is 27.2 Å². The van der Waals surface area contributed by atoms with Crippen LogP contribution in [0.1, 0.15) is 15.9 Å². The molecule has 1 amide bonds. The summed E-state index contributed by atoms with van der Waals surface area (Å²) in [5, 5.41) is 16.0. The molecule has 5 aromatic rings. The van der Waals surface area contributed by atoms with Crippen LogP contribution < -0.4 is 15.4 Å². The second-order valence-electron chi connectivity index (χ2n) is 8.20. The molecule has 2 N–H and O–H groups in total. The first-order valence-corrected chi connectivity index (χ1v) is 12.5. The molecule has 0 aliphatic rings. The van der Waals surface area contributed by atoms with E-state index in [9.17, 15) is 4.79 Å². The number of anilines is 3. The summed E-state index contributed by atoms with van der Waals surface area (Å²) in [6, 6.07) is 26.3. The van der Waals surface area contributed by atoms with Crippen LogP contribution in [0.3, 0.4) is 0 Å². The maximum Gasteiger partial charge on any atom is 0.255 e. The number of amides is 1. The molecule has 0 radical (unpaired) electrons. The molecule has 0 atom stereocenters. The first kappa shape index (κ1) is 24.7. The lowest BCUT2D eigenvalue weighted by atomic mass is 10.1. The number of hydrogen-bond acceptors (Lipinski definition) is 8. The van der Waals surface area contributed by atoms with E-state index in [1.54, 1.807) is 49.3 Å². The van der Waals surface area contributed by atoms with Crippen molar-refractivity contribution in [2.75, 3.05) is 17.7 Å². The van der Waals surface area contributed by atoms with E-state index in [0.717, 1.165) is 26.5 Å². The third-order valence-corrected chi connectivity index (χ3v) is 6.77. The Bertz CT molecular complexity index is 1630. The number of nitrogens with one attached hydrogen (secondary N) is 2. The van der Waals surface area contributed by atoms with E-state index in [1.165, 1.54) is 6.33 Å². The summed E-state index contributed by atoms with van der Waals surface area (Å²) < 4.78 is 5.27.